The van der Waals surface area contributed by atoms with E-state index in [1.807, 2.05) is 30.3 Å². The predicted octanol–water partition coefficient (Wildman–Crippen LogP) is 4.68. The molecule has 0 aromatic heterocycles. The summed E-state index contributed by atoms with van der Waals surface area (Å²) in [6.45, 7) is 0.885. The third-order valence-corrected chi connectivity index (χ3v) is 3.50. The van der Waals surface area contributed by atoms with E-state index >= 15 is 0 Å². The van der Waals surface area contributed by atoms with Gasteiger partial charge in [-0.1, -0.05) is 37.3 Å². The highest BCUT2D eigenvalue weighted by atomic mass is 19.4. The number of rotatable bonds is 7. The highest BCUT2D eigenvalue weighted by molar-refractivity contribution is 5.94. The number of ether oxygens (including phenoxy) is 1. The lowest BCUT2D eigenvalue weighted by Gasteiger charge is -2.23. The highest BCUT2D eigenvalue weighted by Crippen LogP contribution is 2.19. The molecular formula is C19H20F3NO2. The number of para-hydroxylation sites is 1. The molecular weight excluding hydrogens is 331 g/mol. The van der Waals surface area contributed by atoms with E-state index in [1.165, 1.54) is 12.1 Å². The lowest BCUT2D eigenvalue weighted by molar-refractivity contribution is -0.140. The molecule has 0 fully saturated rings. The quantitative estimate of drug-likeness (QED) is 0.725. The van der Waals surface area contributed by atoms with Crippen LogP contribution >= 0.6 is 0 Å². The van der Waals surface area contributed by atoms with Gasteiger partial charge in [0.25, 0.3) is 5.91 Å². The normalized spacial score (nSPS) is 11.2. The predicted molar refractivity (Wildman–Crippen MR) is 89.5 cm³/mol. The molecule has 2 aromatic rings. The zero-order valence-electron chi connectivity index (χ0n) is 13.9. The zero-order chi connectivity index (χ0) is 18.3. The first-order valence-corrected chi connectivity index (χ1v) is 8.02. The maximum atomic E-state index is 12.6. The molecule has 6 heteroatoms. The van der Waals surface area contributed by atoms with Crippen molar-refractivity contribution >= 4 is 5.91 Å². The Hall–Kier alpha value is -2.50. The molecule has 0 aliphatic heterocycles. The van der Waals surface area contributed by atoms with E-state index in [9.17, 15) is 18.0 Å². The Morgan fingerprint density at radius 2 is 1.68 bits per heavy atom. The van der Waals surface area contributed by atoms with Crippen LogP contribution in [0.25, 0.3) is 0 Å². The minimum absolute atomic E-state index is 0.0667. The van der Waals surface area contributed by atoms with Crippen LogP contribution in [0.5, 0.6) is 5.75 Å². The van der Waals surface area contributed by atoms with Crippen LogP contribution in [0.1, 0.15) is 29.3 Å². The Balaban J connectivity index is 2.00. The van der Waals surface area contributed by atoms with E-state index in [0.29, 0.717) is 13.0 Å². The van der Waals surface area contributed by atoms with E-state index in [4.69, 9.17) is 4.74 Å². The fourth-order valence-corrected chi connectivity index (χ4v) is 2.35. The molecule has 0 saturated heterocycles. The van der Waals surface area contributed by atoms with Crippen molar-refractivity contribution in [2.24, 2.45) is 0 Å². The van der Waals surface area contributed by atoms with Crippen LogP contribution in [-0.2, 0) is 6.61 Å². The Labute approximate surface area is 145 Å². The summed E-state index contributed by atoms with van der Waals surface area (Å²) >= 11 is 0. The van der Waals surface area contributed by atoms with E-state index in [0.717, 1.165) is 16.2 Å². The summed E-state index contributed by atoms with van der Waals surface area (Å²) in [5.41, 5.74) is 1.07. The molecule has 25 heavy (non-hydrogen) atoms. The third-order valence-electron chi connectivity index (χ3n) is 3.50. The number of hydrogen-bond donors (Lipinski definition) is 0. The second kappa shape index (κ2) is 8.55. The number of nitrogens with zero attached hydrogens (tertiary/aromatic N) is 1. The van der Waals surface area contributed by atoms with Gasteiger partial charge in [0.2, 0.25) is 0 Å². The largest absolute Gasteiger partial charge is 0.489 e. The van der Waals surface area contributed by atoms with Gasteiger partial charge in [-0.2, -0.15) is 13.2 Å². The lowest BCUT2D eigenvalue weighted by atomic mass is 10.1. The Morgan fingerprint density at radius 1 is 1.04 bits per heavy atom. The molecule has 0 saturated carbocycles. The highest BCUT2D eigenvalue weighted by Gasteiger charge is 2.32. The molecule has 3 nitrogen and oxygen atoms in total. The van der Waals surface area contributed by atoms with Crippen molar-refractivity contribution in [2.45, 2.75) is 26.1 Å². The number of halogens is 3. The summed E-state index contributed by atoms with van der Waals surface area (Å²) in [5, 5.41) is 0. The molecule has 0 unspecified atom stereocenters. The minimum Gasteiger partial charge on any atom is -0.489 e. The summed E-state index contributed by atoms with van der Waals surface area (Å²) in [5.74, 6) is 0.108. The Bertz CT molecular complexity index is 669. The molecule has 0 bridgehead atoms. The first-order valence-electron chi connectivity index (χ1n) is 8.02. The number of benzene rings is 2. The zero-order valence-corrected chi connectivity index (χ0v) is 13.9. The van der Waals surface area contributed by atoms with Gasteiger partial charge in [-0.15, -0.1) is 0 Å². The lowest BCUT2D eigenvalue weighted by Crippen LogP contribution is -2.39. The Kier molecular flexibility index (Phi) is 6.44. The molecule has 0 N–H and O–H groups in total. The summed E-state index contributed by atoms with van der Waals surface area (Å²) in [6.07, 6.45) is -3.95. The van der Waals surface area contributed by atoms with Crippen molar-refractivity contribution in [3.8, 4) is 5.75 Å². The molecule has 0 atom stereocenters. The third kappa shape index (κ3) is 6.14. The van der Waals surface area contributed by atoms with Crippen molar-refractivity contribution in [3.05, 3.63) is 65.7 Å². The molecule has 0 radical (unpaired) electrons. The van der Waals surface area contributed by atoms with Crippen molar-refractivity contribution in [2.75, 3.05) is 13.1 Å². The molecule has 0 spiro atoms. The smallest absolute Gasteiger partial charge is 0.406 e. The van der Waals surface area contributed by atoms with Crippen LogP contribution < -0.4 is 4.74 Å². The van der Waals surface area contributed by atoms with Gasteiger partial charge in [-0.25, -0.2) is 0 Å². The van der Waals surface area contributed by atoms with E-state index in [1.54, 1.807) is 19.1 Å². The van der Waals surface area contributed by atoms with Crippen molar-refractivity contribution < 1.29 is 22.7 Å². The molecule has 2 aromatic carbocycles. The minimum atomic E-state index is -4.41. The summed E-state index contributed by atoms with van der Waals surface area (Å²) in [4.78, 5) is 13.1. The van der Waals surface area contributed by atoms with Gasteiger partial charge >= 0.3 is 6.18 Å². The monoisotopic (exact) mass is 351 g/mol. The first kappa shape index (κ1) is 18.8. The second-order valence-electron chi connectivity index (χ2n) is 5.64. The molecule has 134 valence electrons. The van der Waals surface area contributed by atoms with Crippen LogP contribution in [-0.4, -0.2) is 30.1 Å². The van der Waals surface area contributed by atoms with Crippen molar-refractivity contribution in [3.63, 3.8) is 0 Å². The fourth-order valence-electron chi connectivity index (χ4n) is 2.35. The van der Waals surface area contributed by atoms with Crippen LogP contribution in [0.15, 0.2) is 54.6 Å². The molecule has 1 amide bonds. The first-order chi connectivity index (χ1) is 11.9. The fraction of sp³-hybridized carbons (Fsp3) is 0.316. The average molecular weight is 351 g/mol. The number of hydrogen-bond acceptors (Lipinski definition) is 2. The summed E-state index contributed by atoms with van der Waals surface area (Å²) in [6, 6.07) is 15.7. The van der Waals surface area contributed by atoms with Crippen molar-refractivity contribution in [1.29, 1.82) is 0 Å². The standard InChI is InChI=1S/C19H20F3NO2/c1-2-12-23(14-19(20,21)22)18(24)16-10-8-15(9-11-16)13-25-17-6-4-3-5-7-17/h3-11H,2,12-14H2,1H3. The number of alkyl halides is 3. The van der Waals surface area contributed by atoms with Crippen LogP contribution in [0.4, 0.5) is 13.2 Å². The van der Waals surface area contributed by atoms with E-state index in [-0.39, 0.29) is 12.1 Å². The van der Waals surface area contributed by atoms with Gasteiger partial charge in [0.15, 0.2) is 0 Å². The molecule has 2 rings (SSSR count). The van der Waals surface area contributed by atoms with Gasteiger partial charge in [0.1, 0.15) is 18.9 Å². The van der Waals surface area contributed by atoms with E-state index in [2.05, 4.69) is 0 Å². The molecule has 0 aliphatic carbocycles. The van der Waals surface area contributed by atoms with Crippen molar-refractivity contribution in [1.82, 2.24) is 4.90 Å². The average Bonchev–Trinajstić information content (AvgIpc) is 2.59. The SMILES string of the molecule is CCCN(CC(F)(F)F)C(=O)c1ccc(COc2ccccc2)cc1. The summed E-state index contributed by atoms with van der Waals surface area (Å²) < 4.78 is 43.5. The number of carbonyl (C=O) groups excluding carboxylic acids is 1. The van der Waals surface area contributed by atoms with E-state index < -0.39 is 18.6 Å². The Morgan fingerprint density at radius 3 is 2.24 bits per heavy atom. The topological polar surface area (TPSA) is 29.5 Å². The van der Waals surface area contributed by atoms with Gasteiger partial charge in [-0.05, 0) is 36.2 Å². The number of amides is 1. The van der Waals surface area contributed by atoms with Gasteiger partial charge in [0, 0.05) is 12.1 Å². The van der Waals surface area contributed by atoms with Crippen LogP contribution in [0.3, 0.4) is 0 Å². The maximum Gasteiger partial charge on any atom is 0.406 e. The second-order valence-corrected chi connectivity index (χ2v) is 5.64. The van der Waals surface area contributed by atoms with Gasteiger partial charge < -0.3 is 9.64 Å². The molecule has 0 heterocycles. The maximum absolute atomic E-state index is 12.6. The summed E-state index contributed by atoms with van der Waals surface area (Å²) in [7, 11) is 0. The van der Waals surface area contributed by atoms with Gasteiger partial charge in [0.05, 0.1) is 0 Å². The number of carbonyl (C=O) groups is 1. The molecule has 0 aliphatic rings. The van der Waals surface area contributed by atoms with Crippen LogP contribution in [0.2, 0.25) is 0 Å². The van der Waals surface area contributed by atoms with Crippen LogP contribution in [0, 0.1) is 0 Å². The van der Waals surface area contributed by atoms with Gasteiger partial charge in [-0.3, -0.25) is 4.79 Å².